The van der Waals surface area contributed by atoms with Crippen LogP contribution in [-0.4, -0.2) is 16.1 Å². The molecule has 0 unspecified atom stereocenters. The van der Waals surface area contributed by atoms with Crippen LogP contribution in [0, 0.1) is 6.92 Å². The molecule has 3 rings (SSSR count). The number of nitrogens with zero attached hydrogens (tertiary/aromatic N) is 1. The normalized spacial score (nSPS) is 13.8. The van der Waals surface area contributed by atoms with Crippen molar-refractivity contribution in [3.05, 3.63) is 65.2 Å². The number of thiocarbonyl (C=S) groups is 1. The van der Waals surface area contributed by atoms with E-state index in [9.17, 15) is 0 Å². The molecule has 0 amide bonds. The van der Waals surface area contributed by atoms with E-state index in [1.807, 2.05) is 0 Å². The highest BCUT2D eigenvalue weighted by Crippen LogP contribution is 2.29. The molecule has 24 heavy (non-hydrogen) atoms. The van der Waals surface area contributed by atoms with Gasteiger partial charge in [-0.25, -0.2) is 0 Å². The average Bonchev–Trinajstić information content (AvgIpc) is 3.40. The summed E-state index contributed by atoms with van der Waals surface area (Å²) < 4.78 is 0. The topological polar surface area (TPSA) is 15.3 Å². The van der Waals surface area contributed by atoms with Gasteiger partial charge >= 0.3 is 0 Å². The van der Waals surface area contributed by atoms with Gasteiger partial charge in [-0.05, 0) is 61.2 Å². The predicted octanol–water partition coefficient (Wildman–Crippen LogP) is 5.48. The highest BCUT2D eigenvalue weighted by molar-refractivity contribution is 7.80. The van der Waals surface area contributed by atoms with E-state index in [1.165, 1.54) is 29.5 Å². The van der Waals surface area contributed by atoms with E-state index >= 15 is 0 Å². The van der Waals surface area contributed by atoms with E-state index in [0.717, 1.165) is 17.3 Å². The Hall–Kier alpha value is -1.87. The molecule has 1 N–H and O–H groups in total. The second-order valence-corrected chi connectivity index (χ2v) is 7.44. The Morgan fingerprint density at radius 2 is 1.71 bits per heavy atom. The van der Waals surface area contributed by atoms with Gasteiger partial charge in [-0.15, -0.1) is 0 Å². The Morgan fingerprint density at radius 1 is 1.08 bits per heavy atom. The first-order valence-corrected chi connectivity index (χ1v) is 9.17. The SMILES string of the molecule is Cc1ccc(NC(=S)N(Cc2ccc(C(C)C)cc2)C2CC2)cc1. The standard InChI is InChI=1S/C21H26N2S/c1-15(2)18-8-6-17(7-9-18)14-23(20-12-13-20)21(24)22-19-10-4-16(3)5-11-19/h4-11,15,20H,12-14H2,1-3H3,(H,22,24). The summed E-state index contributed by atoms with van der Waals surface area (Å²) in [5.74, 6) is 0.572. The summed E-state index contributed by atoms with van der Waals surface area (Å²) in [5.41, 5.74) is 5.03. The van der Waals surface area contributed by atoms with Crippen LogP contribution in [0.1, 0.15) is 49.3 Å². The highest BCUT2D eigenvalue weighted by atomic mass is 32.1. The first-order valence-electron chi connectivity index (χ1n) is 8.76. The van der Waals surface area contributed by atoms with Crippen LogP contribution in [0.15, 0.2) is 48.5 Å². The van der Waals surface area contributed by atoms with E-state index in [-0.39, 0.29) is 0 Å². The van der Waals surface area contributed by atoms with E-state index in [2.05, 4.69) is 79.5 Å². The van der Waals surface area contributed by atoms with Crippen LogP contribution in [0.3, 0.4) is 0 Å². The molecule has 1 aliphatic rings. The summed E-state index contributed by atoms with van der Waals surface area (Å²) in [6.07, 6.45) is 2.47. The summed E-state index contributed by atoms with van der Waals surface area (Å²) in [7, 11) is 0. The smallest absolute Gasteiger partial charge is 0.173 e. The van der Waals surface area contributed by atoms with Crippen LogP contribution in [-0.2, 0) is 6.54 Å². The molecule has 0 spiro atoms. The van der Waals surface area contributed by atoms with Crippen molar-refractivity contribution in [2.75, 3.05) is 5.32 Å². The van der Waals surface area contributed by atoms with Gasteiger partial charge in [0.1, 0.15) is 0 Å². The Balaban J connectivity index is 1.68. The third-order valence-electron chi connectivity index (χ3n) is 4.55. The van der Waals surface area contributed by atoms with Crippen LogP contribution >= 0.6 is 12.2 Å². The van der Waals surface area contributed by atoms with Crippen molar-refractivity contribution in [2.24, 2.45) is 0 Å². The molecule has 3 heteroatoms. The number of nitrogens with one attached hydrogen (secondary N) is 1. The molecule has 2 aromatic carbocycles. The maximum atomic E-state index is 5.69. The Kier molecular flexibility index (Phi) is 5.20. The zero-order valence-corrected chi connectivity index (χ0v) is 15.6. The van der Waals surface area contributed by atoms with Gasteiger partial charge in [0.05, 0.1) is 0 Å². The van der Waals surface area contributed by atoms with Crippen molar-refractivity contribution in [3.8, 4) is 0 Å². The van der Waals surface area contributed by atoms with Crippen molar-refractivity contribution in [1.29, 1.82) is 0 Å². The molecule has 1 fully saturated rings. The summed E-state index contributed by atoms with van der Waals surface area (Å²) in [4.78, 5) is 2.33. The molecule has 0 heterocycles. The Bertz CT molecular complexity index is 685. The molecular formula is C21H26N2S. The fourth-order valence-electron chi connectivity index (χ4n) is 2.79. The molecule has 0 saturated heterocycles. The third kappa shape index (κ3) is 4.35. The van der Waals surface area contributed by atoms with Crippen molar-refractivity contribution in [1.82, 2.24) is 4.90 Å². The maximum absolute atomic E-state index is 5.69. The first-order chi connectivity index (χ1) is 11.5. The molecule has 0 aliphatic heterocycles. The van der Waals surface area contributed by atoms with Gasteiger partial charge in [0.25, 0.3) is 0 Å². The Morgan fingerprint density at radius 3 is 2.25 bits per heavy atom. The number of benzene rings is 2. The van der Waals surface area contributed by atoms with Crippen LogP contribution in [0.4, 0.5) is 5.69 Å². The summed E-state index contributed by atoms with van der Waals surface area (Å²) >= 11 is 5.69. The zero-order valence-electron chi connectivity index (χ0n) is 14.8. The van der Waals surface area contributed by atoms with Gasteiger partial charge in [0.15, 0.2) is 5.11 Å². The molecule has 0 radical (unpaired) electrons. The minimum atomic E-state index is 0.572. The average molecular weight is 339 g/mol. The third-order valence-corrected chi connectivity index (χ3v) is 4.89. The zero-order chi connectivity index (χ0) is 17.1. The lowest BCUT2D eigenvalue weighted by Crippen LogP contribution is -2.36. The van der Waals surface area contributed by atoms with Crippen molar-refractivity contribution in [3.63, 3.8) is 0 Å². The predicted molar refractivity (Wildman–Crippen MR) is 106 cm³/mol. The summed E-state index contributed by atoms with van der Waals surface area (Å²) in [6.45, 7) is 7.43. The van der Waals surface area contributed by atoms with Crippen LogP contribution < -0.4 is 5.32 Å². The van der Waals surface area contributed by atoms with Gasteiger partial charge in [-0.2, -0.15) is 0 Å². The van der Waals surface area contributed by atoms with Crippen LogP contribution in [0.2, 0.25) is 0 Å². The van der Waals surface area contributed by atoms with Gasteiger partial charge < -0.3 is 10.2 Å². The molecule has 2 aromatic rings. The lowest BCUT2D eigenvalue weighted by Gasteiger charge is -2.26. The van der Waals surface area contributed by atoms with Crippen molar-refractivity contribution >= 4 is 23.0 Å². The number of aryl methyl sites for hydroxylation is 1. The number of hydrogen-bond donors (Lipinski definition) is 1. The molecular weight excluding hydrogens is 312 g/mol. The van der Waals surface area contributed by atoms with Gasteiger partial charge in [0.2, 0.25) is 0 Å². The molecule has 0 bridgehead atoms. The molecule has 2 nitrogen and oxygen atoms in total. The molecule has 1 saturated carbocycles. The lowest BCUT2D eigenvalue weighted by atomic mass is 10.0. The minimum Gasteiger partial charge on any atom is -0.342 e. The molecule has 126 valence electrons. The number of hydrogen-bond acceptors (Lipinski definition) is 1. The van der Waals surface area contributed by atoms with E-state index in [1.54, 1.807) is 0 Å². The molecule has 1 aliphatic carbocycles. The highest BCUT2D eigenvalue weighted by Gasteiger charge is 2.30. The van der Waals surface area contributed by atoms with Crippen LogP contribution in [0.5, 0.6) is 0 Å². The lowest BCUT2D eigenvalue weighted by molar-refractivity contribution is 0.409. The second-order valence-electron chi connectivity index (χ2n) is 7.05. The number of rotatable bonds is 5. The monoisotopic (exact) mass is 338 g/mol. The van der Waals surface area contributed by atoms with Crippen molar-refractivity contribution in [2.45, 2.75) is 52.1 Å². The van der Waals surface area contributed by atoms with Gasteiger partial charge in [0, 0.05) is 18.3 Å². The van der Waals surface area contributed by atoms with E-state index < -0.39 is 0 Å². The summed E-state index contributed by atoms with van der Waals surface area (Å²) in [5, 5.41) is 4.23. The Labute approximate surface area is 150 Å². The largest absolute Gasteiger partial charge is 0.342 e. The molecule has 0 aromatic heterocycles. The van der Waals surface area contributed by atoms with Gasteiger partial charge in [-0.3, -0.25) is 0 Å². The molecule has 0 atom stereocenters. The van der Waals surface area contributed by atoms with Crippen molar-refractivity contribution < 1.29 is 0 Å². The minimum absolute atomic E-state index is 0.572. The first kappa shape index (κ1) is 17.0. The van der Waals surface area contributed by atoms with Crippen LogP contribution in [0.25, 0.3) is 0 Å². The fraction of sp³-hybridized carbons (Fsp3) is 0.381. The van der Waals surface area contributed by atoms with E-state index in [4.69, 9.17) is 12.2 Å². The second kappa shape index (κ2) is 7.35. The van der Waals surface area contributed by atoms with Gasteiger partial charge in [-0.1, -0.05) is 55.8 Å². The maximum Gasteiger partial charge on any atom is 0.173 e. The number of anilines is 1. The quantitative estimate of drug-likeness (QED) is 0.727. The van der Waals surface area contributed by atoms with E-state index in [0.29, 0.717) is 12.0 Å². The summed E-state index contributed by atoms with van der Waals surface area (Å²) in [6, 6.07) is 17.9. The fourth-order valence-corrected chi connectivity index (χ4v) is 3.12.